The number of nitrogens with zero attached hydrogens (tertiary/aromatic N) is 1. The SMILES string of the molecule is C[C@H](Sc1cnc(N)s1)c1ccccc1. The number of nitrogens with two attached hydrogens (primary N) is 1. The number of nitrogen functional groups attached to an aromatic ring is 1. The standard InChI is InChI=1S/C11H12N2S2/c1-8(9-5-3-2-4-6-9)14-10-7-13-11(12)15-10/h2-8H,1H3,(H2,12,13)/t8-/m0/s1. The summed E-state index contributed by atoms with van der Waals surface area (Å²) in [5.74, 6) is 0. The predicted octanol–water partition coefficient (Wildman–Crippen LogP) is 3.58. The molecule has 0 saturated carbocycles. The highest BCUT2D eigenvalue weighted by Crippen LogP contribution is 2.37. The fraction of sp³-hybridized carbons (Fsp3) is 0.182. The topological polar surface area (TPSA) is 38.9 Å². The van der Waals surface area contributed by atoms with Gasteiger partial charge >= 0.3 is 0 Å². The van der Waals surface area contributed by atoms with E-state index in [1.807, 2.05) is 12.3 Å². The average molecular weight is 236 g/mol. The molecule has 2 N–H and O–H groups in total. The monoisotopic (exact) mass is 236 g/mol. The number of thiazole rings is 1. The third-order valence-electron chi connectivity index (χ3n) is 2.06. The van der Waals surface area contributed by atoms with E-state index in [0.29, 0.717) is 10.4 Å². The van der Waals surface area contributed by atoms with Crippen LogP contribution in [0.5, 0.6) is 0 Å². The molecule has 2 nitrogen and oxygen atoms in total. The van der Waals surface area contributed by atoms with Gasteiger partial charge in [0.25, 0.3) is 0 Å². The molecule has 78 valence electrons. The molecule has 1 aromatic heterocycles. The number of hydrogen-bond donors (Lipinski definition) is 1. The van der Waals surface area contributed by atoms with E-state index in [2.05, 4.69) is 36.2 Å². The fourth-order valence-electron chi connectivity index (χ4n) is 1.29. The molecule has 2 rings (SSSR count). The summed E-state index contributed by atoms with van der Waals surface area (Å²) in [6.07, 6.45) is 1.84. The Hall–Kier alpha value is -1.00. The summed E-state index contributed by atoms with van der Waals surface area (Å²) in [5.41, 5.74) is 6.92. The van der Waals surface area contributed by atoms with Crippen molar-refractivity contribution in [3.8, 4) is 0 Å². The normalized spacial score (nSPS) is 12.6. The zero-order valence-corrected chi connectivity index (χ0v) is 10.0. The lowest BCUT2D eigenvalue weighted by molar-refractivity contribution is 1.10. The highest BCUT2D eigenvalue weighted by atomic mass is 32.2. The average Bonchev–Trinajstić information content (AvgIpc) is 2.65. The van der Waals surface area contributed by atoms with Crippen LogP contribution in [0.15, 0.2) is 40.7 Å². The molecule has 0 amide bonds. The Kier molecular flexibility index (Phi) is 3.28. The third-order valence-corrected chi connectivity index (χ3v) is 4.19. The molecular weight excluding hydrogens is 224 g/mol. The highest BCUT2D eigenvalue weighted by molar-refractivity contribution is 8.01. The molecule has 1 heterocycles. The summed E-state index contributed by atoms with van der Waals surface area (Å²) >= 11 is 3.33. The number of aromatic nitrogens is 1. The van der Waals surface area contributed by atoms with Gasteiger partial charge in [0.1, 0.15) is 0 Å². The quantitative estimate of drug-likeness (QED) is 0.828. The number of benzene rings is 1. The van der Waals surface area contributed by atoms with Crippen LogP contribution in [-0.2, 0) is 0 Å². The number of rotatable bonds is 3. The maximum atomic E-state index is 5.59. The number of thioether (sulfide) groups is 1. The molecule has 1 aromatic carbocycles. The van der Waals surface area contributed by atoms with Crippen LogP contribution in [0.4, 0.5) is 5.13 Å². The van der Waals surface area contributed by atoms with E-state index in [4.69, 9.17) is 5.73 Å². The third kappa shape index (κ3) is 2.73. The van der Waals surface area contributed by atoms with Gasteiger partial charge in [-0.2, -0.15) is 0 Å². The van der Waals surface area contributed by atoms with Gasteiger partial charge in [-0.3, -0.25) is 0 Å². The lowest BCUT2D eigenvalue weighted by Crippen LogP contribution is -1.85. The van der Waals surface area contributed by atoms with Gasteiger partial charge < -0.3 is 5.73 Å². The van der Waals surface area contributed by atoms with E-state index >= 15 is 0 Å². The first-order valence-corrected chi connectivity index (χ1v) is 6.38. The van der Waals surface area contributed by atoms with Gasteiger partial charge in [0.15, 0.2) is 5.13 Å². The van der Waals surface area contributed by atoms with Crippen molar-refractivity contribution in [1.82, 2.24) is 4.98 Å². The Morgan fingerprint density at radius 3 is 2.67 bits per heavy atom. The van der Waals surface area contributed by atoms with E-state index in [1.165, 1.54) is 9.77 Å². The molecule has 0 aliphatic rings. The van der Waals surface area contributed by atoms with Crippen molar-refractivity contribution < 1.29 is 0 Å². The van der Waals surface area contributed by atoms with E-state index in [-0.39, 0.29) is 0 Å². The van der Waals surface area contributed by atoms with Gasteiger partial charge in [-0.25, -0.2) is 4.98 Å². The summed E-state index contributed by atoms with van der Waals surface area (Å²) in [6, 6.07) is 10.4. The van der Waals surface area contributed by atoms with Crippen molar-refractivity contribution in [3.63, 3.8) is 0 Å². The predicted molar refractivity (Wildman–Crippen MR) is 67.2 cm³/mol. The molecule has 0 radical (unpaired) electrons. The Morgan fingerprint density at radius 1 is 1.33 bits per heavy atom. The maximum Gasteiger partial charge on any atom is 0.181 e. The van der Waals surface area contributed by atoms with E-state index in [9.17, 15) is 0 Å². The van der Waals surface area contributed by atoms with Gasteiger partial charge in [0.2, 0.25) is 0 Å². The van der Waals surface area contributed by atoms with Gasteiger partial charge in [-0.1, -0.05) is 41.7 Å². The molecule has 0 bridgehead atoms. The summed E-state index contributed by atoms with van der Waals surface area (Å²) in [5, 5.41) is 1.07. The minimum atomic E-state index is 0.436. The van der Waals surface area contributed by atoms with E-state index < -0.39 is 0 Å². The van der Waals surface area contributed by atoms with Crippen LogP contribution in [0.3, 0.4) is 0 Å². The molecule has 0 aliphatic heterocycles. The lowest BCUT2D eigenvalue weighted by Gasteiger charge is -2.08. The molecule has 2 aromatic rings. The van der Waals surface area contributed by atoms with Crippen molar-refractivity contribution in [2.24, 2.45) is 0 Å². The summed E-state index contributed by atoms with van der Waals surface area (Å²) < 4.78 is 1.17. The smallest absolute Gasteiger partial charge is 0.181 e. The molecule has 0 fully saturated rings. The Morgan fingerprint density at radius 2 is 2.07 bits per heavy atom. The van der Waals surface area contributed by atoms with E-state index in [0.717, 1.165) is 0 Å². The number of hydrogen-bond acceptors (Lipinski definition) is 4. The van der Waals surface area contributed by atoms with Crippen LogP contribution >= 0.6 is 23.1 Å². The molecule has 1 atom stereocenters. The van der Waals surface area contributed by atoms with Gasteiger partial charge in [0.05, 0.1) is 10.4 Å². The maximum absolute atomic E-state index is 5.59. The van der Waals surface area contributed by atoms with Crippen LogP contribution < -0.4 is 5.73 Å². The van der Waals surface area contributed by atoms with E-state index in [1.54, 1.807) is 23.1 Å². The molecule has 0 spiro atoms. The van der Waals surface area contributed by atoms with Gasteiger partial charge in [0, 0.05) is 5.25 Å². The van der Waals surface area contributed by atoms with Crippen LogP contribution in [0.2, 0.25) is 0 Å². The van der Waals surface area contributed by atoms with Crippen LogP contribution in [0.1, 0.15) is 17.7 Å². The zero-order chi connectivity index (χ0) is 10.7. The summed E-state index contributed by atoms with van der Waals surface area (Å²) in [4.78, 5) is 4.04. The van der Waals surface area contributed by atoms with Crippen LogP contribution in [0, 0.1) is 0 Å². The van der Waals surface area contributed by atoms with Crippen molar-refractivity contribution in [1.29, 1.82) is 0 Å². The first kappa shape index (κ1) is 10.5. The molecular formula is C11H12N2S2. The van der Waals surface area contributed by atoms with Crippen molar-refractivity contribution in [2.45, 2.75) is 16.4 Å². The molecule has 15 heavy (non-hydrogen) atoms. The molecule has 0 saturated heterocycles. The minimum Gasteiger partial charge on any atom is -0.375 e. The van der Waals surface area contributed by atoms with Gasteiger partial charge in [-0.05, 0) is 12.5 Å². The van der Waals surface area contributed by atoms with Crippen molar-refractivity contribution in [2.75, 3.05) is 5.73 Å². The summed E-state index contributed by atoms with van der Waals surface area (Å²) in [7, 11) is 0. The Labute approximate surface area is 97.5 Å². The Bertz CT molecular complexity index is 425. The lowest BCUT2D eigenvalue weighted by atomic mass is 10.2. The second kappa shape index (κ2) is 4.68. The first-order chi connectivity index (χ1) is 7.25. The van der Waals surface area contributed by atoms with Crippen molar-refractivity contribution in [3.05, 3.63) is 42.1 Å². The largest absolute Gasteiger partial charge is 0.375 e. The van der Waals surface area contributed by atoms with Crippen LogP contribution in [0.25, 0.3) is 0 Å². The highest BCUT2D eigenvalue weighted by Gasteiger charge is 2.08. The first-order valence-electron chi connectivity index (χ1n) is 4.68. The second-order valence-electron chi connectivity index (χ2n) is 3.19. The second-order valence-corrected chi connectivity index (χ2v) is 5.89. The van der Waals surface area contributed by atoms with Gasteiger partial charge in [-0.15, -0.1) is 11.8 Å². The minimum absolute atomic E-state index is 0.436. The molecule has 4 heteroatoms. The summed E-state index contributed by atoms with van der Waals surface area (Å²) in [6.45, 7) is 2.19. The molecule has 0 aliphatic carbocycles. The zero-order valence-electron chi connectivity index (χ0n) is 8.38. The molecule has 0 unspecified atom stereocenters. The fourth-order valence-corrected chi connectivity index (χ4v) is 3.35. The van der Waals surface area contributed by atoms with Crippen molar-refractivity contribution >= 4 is 28.2 Å². The Balaban J connectivity index is 2.07. The van der Waals surface area contributed by atoms with Crippen LogP contribution in [-0.4, -0.2) is 4.98 Å². The number of anilines is 1.